The van der Waals surface area contributed by atoms with Gasteiger partial charge >= 0.3 is 5.97 Å². The van der Waals surface area contributed by atoms with E-state index in [1.807, 2.05) is 43.3 Å². The summed E-state index contributed by atoms with van der Waals surface area (Å²) in [7, 11) is 0. The minimum atomic E-state index is -0.384. The Morgan fingerprint density at radius 2 is 1.74 bits per heavy atom. The van der Waals surface area contributed by atoms with Crippen molar-refractivity contribution in [1.82, 2.24) is 0 Å². The van der Waals surface area contributed by atoms with Gasteiger partial charge in [0, 0.05) is 17.8 Å². The van der Waals surface area contributed by atoms with Crippen molar-refractivity contribution in [3.05, 3.63) is 54.1 Å². The monoisotopic (exact) mass is 442 g/mol. The molecule has 0 bridgehead atoms. The van der Waals surface area contributed by atoms with E-state index >= 15 is 0 Å². The van der Waals surface area contributed by atoms with Crippen molar-refractivity contribution in [3.63, 3.8) is 0 Å². The first-order valence-electron chi connectivity index (χ1n) is 10.2. The van der Waals surface area contributed by atoms with Gasteiger partial charge in [-0.05, 0) is 55.8 Å². The molecule has 0 saturated carbocycles. The molecule has 1 heterocycles. The Morgan fingerprint density at radius 1 is 1.03 bits per heavy atom. The Labute approximate surface area is 186 Å². The number of carbonyl (C=O) groups is 3. The maximum absolute atomic E-state index is 12.5. The molecule has 1 N–H and O–H groups in total. The lowest BCUT2D eigenvalue weighted by Gasteiger charge is -2.24. The fraction of sp³-hybridized carbons (Fsp3) is 0.348. The van der Waals surface area contributed by atoms with E-state index < -0.39 is 0 Å². The number of nitrogens with zero attached hydrogens (tertiary/aromatic N) is 1. The van der Waals surface area contributed by atoms with Crippen molar-refractivity contribution in [1.29, 1.82) is 0 Å². The standard InChI is InChI=1S/C23H26N2O5S/c1-3-29-19-11-9-18(10-12-19)25-21(27)15-31-23(25)16-5-7-17(8-6-16)24-20(26)13-14-22(28)30-4-2/h5-12,23H,3-4,13-15H2,1-2H3,(H,24,26)/t23-/m1/s1. The number of thioether (sulfide) groups is 1. The molecule has 1 fully saturated rings. The number of carbonyl (C=O) groups excluding carboxylic acids is 3. The number of hydrogen-bond donors (Lipinski definition) is 1. The third-order valence-electron chi connectivity index (χ3n) is 4.63. The van der Waals surface area contributed by atoms with Crippen LogP contribution in [0, 0.1) is 0 Å². The second-order valence-corrected chi connectivity index (χ2v) is 7.90. The largest absolute Gasteiger partial charge is 0.494 e. The van der Waals surface area contributed by atoms with Crippen LogP contribution < -0.4 is 15.0 Å². The highest BCUT2D eigenvalue weighted by Gasteiger charge is 2.34. The Bertz CT molecular complexity index is 915. The van der Waals surface area contributed by atoms with Gasteiger partial charge in [-0.1, -0.05) is 12.1 Å². The van der Waals surface area contributed by atoms with Gasteiger partial charge in [-0.15, -0.1) is 11.8 Å². The van der Waals surface area contributed by atoms with E-state index in [1.165, 1.54) is 0 Å². The molecule has 2 aromatic rings. The molecule has 7 nitrogen and oxygen atoms in total. The third-order valence-corrected chi connectivity index (χ3v) is 5.85. The summed E-state index contributed by atoms with van der Waals surface area (Å²) < 4.78 is 10.3. The van der Waals surface area contributed by atoms with Crippen molar-refractivity contribution in [2.75, 3.05) is 29.2 Å². The Hall–Kier alpha value is -3.00. The maximum atomic E-state index is 12.5. The van der Waals surface area contributed by atoms with Crippen LogP contribution in [0.2, 0.25) is 0 Å². The Kier molecular flexibility index (Phi) is 7.94. The zero-order valence-corrected chi connectivity index (χ0v) is 18.4. The molecule has 3 rings (SSSR count). The van der Waals surface area contributed by atoms with Crippen LogP contribution in [0.3, 0.4) is 0 Å². The molecule has 0 aromatic heterocycles. The predicted octanol–water partition coefficient (Wildman–Crippen LogP) is 4.15. The fourth-order valence-corrected chi connectivity index (χ4v) is 4.40. The zero-order chi connectivity index (χ0) is 22.2. The average Bonchev–Trinajstić information content (AvgIpc) is 3.15. The van der Waals surface area contributed by atoms with Gasteiger partial charge in [0.05, 0.1) is 25.4 Å². The van der Waals surface area contributed by atoms with E-state index in [4.69, 9.17) is 9.47 Å². The van der Waals surface area contributed by atoms with Gasteiger partial charge in [-0.2, -0.15) is 0 Å². The normalized spacial score (nSPS) is 15.6. The topological polar surface area (TPSA) is 84.9 Å². The zero-order valence-electron chi connectivity index (χ0n) is 17.6. The van der Waals surface area contributed by atoms with Crippen LogP contribution in [0.4, 0.5) is 11.4 Å². The summed E-state index contributed by atoms with van der Waals surface area (Å²) in [6.45, 7) is 4.55. The first-order valence-corrected chi connectivity index (χ1v) is 11.3. The van der Waals surface area contributed by atoms with Crippen LogP contribution >= 0.6 is 11.8 Å². The molecule has 2 aromatic carbocycles. The first-order chi connectivity index (χ1) is 15.0. The van der Waals surface area contributed by atoms with Gasteiger partial charge in [-0.25, -0.2) is 0 Å². The number of amides is 2. The molecule has 0 unspecified atom stereocenters. The van der Waals surface area contributed by atoms with Gasteiger partial charge in [0.1, 0.15) is 11.1 Å². The molecule has 0 radical (unpaired) electrons. The van der Waals surface area contributed by atoms with Crippen molar-refractivity contribution in [2.24, 2.45) is 0 Å². The summed E-state index contributed by atoms with van der Waals surface area (Å²) in [6, 6.07) is 14.9. The second-order valence-electron chi connectivity index (χ2n) is 6.83. The number of anilines is 2. The van der Waals surface area contributed by atoms with Crippen LogP contribution in [0.15, 0.2) is 48.5 Å². The predicted molar refractivity (Wildman–Crippen MR) is 121 cm³/mol. The summed E-state index contributed by atoms with van der Waals surface area (Å²) in [5.41, 5.74) is 2.42. The molecule has 1 atom stereocenters. The molecule has 164 valence electrons. The molecule has 0 spiro atoms. The SMILES string of the molecule is CCOC(=O)CCC(=O)Nc1ccc([C@H]2SCC(=O)N2c2ccc(OCC)cc2)cc1. The van der Waals surface area contributed by atoms with Gasteiger partial charge in [-0.3, -0.25) is 19.3 Å². The van der Waals surface area contributed by atoms with Crippen LogP contribution in [-0.2, 0) is 19.1 Å². The highest BCUT2D eigenvalue weighted by Crippen LogP contribution is 2.42. The Balaban J connectivity index is 1.64. The molecule has 1 aliphatic rings. The van der Waals surface area contributed by atoms with Crippen LogP contribution in [-0.4, -0.2) is 36.8 Å². The second kappa shape index (κ2) is 10.9. The number of hydrogen-bond acceptors (Lipinski definition) is 6. The van der Waals surface area contributed by atoms with E-state index in [2.05, 4.69) is 5.32 Å². The van der Waals surface area contributed by atoms with Crippen LogP contribution in [0.25, 0.3) is 0 Å². The number of esters is 1. The third kappa shape index (κ3) is 6.01. The van der Waals surface area contributed by atoms with Gasteiger partial charge < -0.3 is 14.8 Å². The van der Waals surface area contributed by atoms with Crippen molar-refractivity contribution in [3.8, 4) is 5.75 Å². The summed E-state index contributed by atoms with van der Waals surface area (Å²) in [4.78, 5) is 37.7. The van der Waals surface area contributed by atoms with Crippen molar-refractivity contribution in [2.45, 2.75) is 32.1 Å². The summed E-state index contributed by atoms with van der Waals surface area (Å²) >= 11 is 1.56. The van der Waals surface area contributed by atoms with Gasteiger partial charge in [0.15, 0.2) is 0 Å². The lowest BCUT2D eigenvalue weighted by atomic mass is 10.1. The van der Waals surface area contributed by atoms with E-state index in [0.29, 0.717) is 24.7 Å². The van der Waals surface area contributed by atoms with E-state index in [-0.39, 0.29) is 36.0 Å². The first kappa shape index (κ1) is 22.7. The summed E-state index contributed by atoms with van der Waals surface area (Å²) in [5.74, 6) is 0.595. The smallest absolute Gasteiger partial charge is 0.306 e. The summed E-state index contributed by atoms with van der Waals surface area (Å²) in [5, 5.41) is 2.64. The van der Waals surface area contributed by atoms with Gasteiger partial charge in [0.25, 0.3) is 0 Å². The number of benzene rings is 2. The number of ether oxygens (including phenoxy) is 2. The lowest BCUT2D eigenvalue weighted by molar-refractivity contribution is -0.144. The number of rotatable bonds is 9. The maximum Gasteiger partial charge on any atom is 0.306 e. The molecule has 1 aliphatic heterocycles. The molecule has 8 heteroatoms. The van der Waals surface area contributed by atoms with E-state index in [1.54, 1.807) is 35.7 Å². The van der Waals surface area contributed by atoms with Crippen molar-refractivity contribution >= 4 is 40.9 Å². The minimum absolute atomic E-state index is 0.0512. The van der Waals surface area contributed by atoms with Gasteiger partial charge in [0.2, 0.25) is 11.8 Å². The lowest BCUT2D eigenvalue weighted by Crippen LogP contribution is -2.27. The molecule has 0 aliphatic carbocycles. The minimum Gasteiger partial charge on any atom is -0.494 e. The highest BCUT2D eigenvalue weighted by molar-refractivity contribution is 8.00. The Morgan fingerprint density at radius 3 is 2.39 bits per heavy atom. The summed E-state index contributed by atoms with van der Waals surface area (Å²) in [6.07, 6.45) is 0.120. The highest BCUT2D eigenvalue weighted by atomic mass is 32.2. The van der Waals surface area contributed by atoms with E-state index in [0.717, 1.165) is 17.0 Å². The molecule has 31 heavy (non-hydrogen) atoms. The quantitative estimate of drug-likeness (QED) is 0.588. The van der Waals surface area contributed by atoms with Crippen molar-refractivity contribution < 1.29 is 23.9 Å². The number of nitrogens with one attached hydrogen (secondary N) is 1. The molecule has 2 amide bonds. The fourth-order valence-electron chi connectivity index (χ4n) is 3.22. The average molecular weight is 443 g/mol. The van der Waals surface area contributed by atoms with Crippen LogP contribution in [0.1, 0.15) is 37.6 Å². The van der Waals surface area contributed by atoms with Crippen LogP contribution in [0.5, 0.6) is 5.75 Å². The molecular formula is C23H26N2O5S. The molecular weight excluding hydrogens is 416 g/mol. The molecule has 1 saturated heterocycles. The van der Waals surface area contributed by atoms with E-state index in [9.17, 15) is 14.4 Å².